The second-order valence-electron chi connectivity index (χ2n) is 7.39. The SMILES string of the molecule is Cc1cc(C)c(CC(=O)N2CCCN(C(=O)C3CC3)CC2)c(C)c1. The molecular weight excluding hydrogens is 300 g/mol. The van der Waals surface area contributed by atoms with Gasteiger partial charge in [-0.25, -0.2) is 0 Å². The number of amides is 2. The van der Waals surface area contributed by atoms with E-state index in [4.69, 9.17) is 0 Å². The van der Waals surface area contributed by atoms with Crippen molar-refractivity contribution in [3.63, 3.8) is 0 Å². The van der Waals surface area contributed by atoms with Crippen molar-refractivity contribution in [3.8, 4) is 0 Å². The molecule has 1 heterocycles. The first-order chi connectivity index (χ1) is 11.5. The predicted octanol–water partition coefficient (Wildman–Crippen LogP) is 2.63. The molecule has 2 fully saturated rings. The van der Waals surface area contributed by atoms with E-state index in [1.807, 2.05) is 9.80 Å². The average molecular weight is 328 g/mol. The summed E-state index contributed by atoms with van der Waals surface area (Å²) in [5, 5.41) is 0. The van der Waals surface area contributed by atoms with Crippen molar-refractivity contribution in [3.05, 3.63) is 34.4 Å². The summed E-state index contributed by atoms with van der Waals surface area (Å²) in [6, 6.07) is 4.29. The molecule has 2 amide bonds. The normalized spacial score (nSPS) is 18.5. The van der Waals surface area contributed by atoms with Crippen molar-refractivity contribution in [2.75, 3.05) is 26.2 Å². The zero-order valence-corrected chi connectivity index (χ0v) is 15.1. The lowest BCUT2D eigenvalue weighted by atomic mass is 9.97. The molecular formula is C20H28N2O2. The molecule has 4 nitrogen and oxygen atoms in total. The fraction of sp³-hybridized carbons (Fsp3) is 0.600. The maximum Gasteiger partial charge on any atom is 0.227 e. The number of hydrogen-bond donors (Lipinski definition) is 0. The first kappa shape index (κ1) is 17.0. The molecule has 0 atom stereocenters. The van der Waals surface area contributed by atoms with Crippen LogP contribution in [-0.2, 0) is 16.0 Å². The van der Waals surface area contributed by atoms with Crippen molar-refractivity contribution in [1.29, 1.82) is 0 Å². The standard InChI is InChI=1S/C20H28N2O2/c1-14-11-15(2)18(16(3)12-14)13-19(23)21-7-4-8-22(10-9-21)20(24)17-5-6-17/h11-12,17H,4-10,13H2,1-3H3. The number of benzene rings is 1. The molecule has 24 heavy (non-hydrogen) atoms. The van der Waals surface area contributed by atoms with E-state index in [1.54, 1.807) is 0 Å². The van der Waals surface area contributed by atoms with Crippen LogP contribution in [0.1, 0.15) is 41.5 Å². The summed E-state index contributed by atoms with van der Waals surface area (Å²) in [4.78, 5) is 28.9. The Balaban J connectivity index is 1.62. The average Bonchev–Trinajstić information content (AvgIpc) is 3.35. The van der Waals surface area contributed by atoms with Gasteiger partial charge < -0.3 is 9.80 Å². The van der Waals surface area contributed by atoms with Crippen LogP contribution in [0.5, 0.6) is 0 Å². The Morgan fingerprint density at radius 1 is 0.958 bits per heavy atom. The Bertz CT molecular complexity index is 626. The van der Waals surface area contributed by atoms with Crippen molar-refractivity contribution in [1.82, 2.24) is 9.80 Å². The van der Waals surface area contributed by atoms with Gasteiger partial charge in [-0.1, -0.05) is 17.7 Å². The van der Waals surface area contributed by atoms with Crippen LogP contribution in [0, 0.1) is 26.7 Å². The van der Waals surface area contributed by atoms with Gasteiger partial charge in [-0.2, -0.15) is 0 Å². The van der Waals surface area contributed by atoms with E-state index in [-0.39, 0.29) is 11.8 Å². The van der Waals surface area contributed by atoms with Gasteiger partial charge in [0.05, 0.1) is 6.42 Å². The zero-order valence-electron chi connectivity index (χ0n) is 15.1. The van der Waals surface area contributed by atoms with Crippen LogP contribution in [0.15, 0.2) is 12.1 Å². The minimum atomic E-state index is 0.186. The summed E-state index contributed by atoms with van der Waals surface area (Å²) in [6.07, 6.45) is 3.44. The summed E-state index contributed by atoms with van der Waals surface area (Å²) in [7, 11) is 0. The van der Waals surface area contributed by atoms with Crippen LogP contribution in [0.2, 0.25) is 0 Å². The smallest absolute Gasteiger partial charge is 0.227 e. The van der Waals surface area contributed by atoms with Crippen LogP contribution in [0.3, 0.4) is 0 Å². The summed E-state index contributed by atoms with van der Waals surface area (Å²) >= 11 is 0. The Morgan fingerprint density at radius 3 is 2.17 bits per heavy atom. The Hall–Kier alpha value is -1.84. The number of rotatable bonds is 3. The molecule has 1 aromatic rings. The third-order valence-corrected chi connectivity index (χ3v) is 5.26. The highest BCUT2D eigenvalue weighted by Gasteiger charge is 2.34. The van der Waals surface area contributed by atoms with Crippen LogP contribution in [0.25, 0.3) is 0 Å². The van der Waals surface area contributed by atoms with Crippen molar-refractivity contribution in [2.24, 2.45) is 5.92 Å². The number of hydrogen-bond acceptors (Lipinski definition) is 2. The molecule has 0 aromatic heterocycles. The van der Waals surface area contributed by atoms with Gasteiger partial charge in [0.1, 0.15) is 0 Å². The fourth-order valence-corrected chi connectivity index (χ4v) is 3.73. The molecule has 3 rings (SSSR count). The van der Waals surface area contributed by atoms with Crippen LogP contribution in [0.4, 0.5) is 0 Å². The topological polar surface area (TPSA) is 40.6 Å². The summed E-state index contributed by atoms with van der Waals surface area (Å²) in [5.41, 5.74) is 4.79. The third kappa shape index (κ3) is 3.80. The first-order valence-electron chi connectivity index (χ1n) is 9.09. The third-order valence-electron chi connectivity index (χ3n) is 5.26. The van der Waals surface area contributed by atoms with E-state index in [0.717, 1.165) is 37.9 Å². The summed E-state index contributed by atoms with van der Waals surface area (Å²) in [6.45, 7) is 9.17. The molecule has 1 saturated carbocycles. The van der Waals surface area contributed by atoms with Crippen molar-refractivity contribution < 1.29 is 9.59 Å². The number of aryl methyl sites for hydroxylation is 3. The van der Waals surface area contributed by atoms with Crippen LogP contribution >= 0.6 is 0 Å². The van der Waals surface area contributed by atoms with Gasteiger partial charge in [0, 0.05) is 32.1 Å². The number of nitrogens with zero attached hydrogens (tertiary/aromatic N) is 2. The molecule has 0 radical (unpaired) electrons. The first-order valence-corrected chi connectivity index (χ1v) is 9.09. The molecule has 2 aliphatic rings. The van der Waals surface area contributed by atoms with E-state index in [2.05, 4.69) is 32.9 Å². The lowest BCUT2D eigenvalue weighted by Crippen LogP contribution is -2.38. The van der Waals surface area contributed by atoms with Gasteiger partial charge in [0.2, 0.25) is 11.8 Å². The minimum absolute atomic E-state index is 0.186. The fourth-order valence-electron chi connectivity index (χ4n) is 3.73. The Labute approximate surface area is 144 Å². The largest absolute Gasteiger partial charge is 0.341 e. The van der Waals surface area contributed by atoms with Gasteiger partial charge >= 0.3 is 0 Å². The molecule has 1 aliphatic carbocycles. The molecule has 4 heteroatoms. The molecule has 130 valence electrons. The minimum Gasteiger partial charge on any atom is -0.341 e. The highest BCUT2D eigenvalue weighted by Crippen LogP contribution is 2.31. The second-order valence-corrected chi connectivity index (χ2v) is 7.39. The van der Waals surface area contributed by atoms with Gasteiger partial charge in [-0.15, -0.1) is 0 Å². The van der Waals surface area contributed by atoms with Gasteiger partial charge in [-0.3, -0.25) is 9.59 Å². The van der Waals surface area contributed by atoms with Crippen LogP contribution < -0.4 is 0 Å². The molecule has 0 N–H and O–H groups in total. The van der Waals surface area contributed by atoms with Gasteiger partial charge in [0.25, 0.3) is 0 Å². The predicted molar refractivity (Wildman–Crippen MR) is 94.9 cm³/mol. The zero-order chi connectivity index (χ0) is 17.3. The molecule has 1 aliphatic heterocycles. The van der Waals surface area contributed by atoms with Crippen LogP contribution in [-0.4, -0.2) is 47.8 Å². The molecule has 0 bridgehead atoms. The van der Waals surface area contributed by atoms with E-state index < -0.39 is 0 Å². The highest BCUT2D eigenvalue weighted by molar-refractivity contribution is 5.82. The Morgan fingerprint density at radius 2 is 1.54 bits per heavy atom. The summed E-state index contributed by atoms with van der Waals surface area (Å²) in [5.74, 6) is 0.755. The molecule has 0 unspecified atom stereocenters. The second kappa shape index (κ2) is 6.96. The van der Waals surface area contributed by atoms with Crippen molar-refractivity contribution in [2.45, 2.75) is 46.5 Å². The lowest BCUT2D eigenvalue weighted by Gasteiger charge is -2.23. The highest BCUT2D eigenvalue weighted by atomic mass is 16.2. The van der Waals surface area contributed by atoms with E-state index in [1.165, 1.54) is 16.7 Å². The number of carbonyl (C=O) groups is 2. The maximum absolute atomic E-state index is 12.8. The molecule has 1 saturated heterocycles. The van der Waals surface area contributed by atoms with E-state index >= 15 is 0 Å². The maximum atomic E-state index is 12.8. The van der Waals surface area contributed by atoms with Gasteiger partial charge in [-0.05, 0) is 56.7 Å². The lowest BCUT2D eigenvalue weighted by molar-refractivity contribution is -0.134. The van der Waals surface area contributed by atoms with Gasteiger partial charge in [0.15, 0.2) is 0 Å². The summed E-state index contributed by atoms with van der Waals surface area (Å²) < 4.78 is 0. The number of carbonyl (C=O) groups excluding carboxylic acids is 2. The molecule has 0 spiro atoms. The Kier molecular flexibility index (Phi) is 4.93. The quantitative estimate of drug-likeness (QED) is 0.856. The van der Waals surface area contributed by atoms with E-state index in [9.17, 15) is 9.59 Å². The molecule has 1 aromatic carbocycles. The monoisotopic (exact) mass is 328 g/mol. The van der Waals surface area contributed by atoms with E-state index in [0.29, 0.717) is 25.4 Å². The van der Waals surface area contributed by atoms with Crippen molar-refractivity contribution >= 4 is 11.8 Å².